The molecule has 130 valence electrons. The lowest BCUT2D eigenvalue weighted by Gasteiger charge is -2.35. The normalized spacial score (nSPS) is 23.2. The standard InChI is InChI=1S/C18H23BrN2O2S/c1-13-12-16(13)18(23)21-9-7-20(8-10-21)17(22)6-11-24-15-4-2-14(19)3-5-15/h2-5,13,16H,6-12H2,1H3/t13-,16-/m1/s1. The summed E-state index contributed by atoms with van der Waals surface area (Å²) in [5, 5.41) is 0. The molecule has 2 fully saturated rings. The Balaban J connectivity index is 1.37. The van der Waals surface area contributed by atoms with Gasteiger partial charge in [0.05, 0.1) is 0 Å². The number of hydrogen-bond donors (Lipinski definition) is 0. The maximum absolute atomic E-state index is 12.3. The van der Waals surface area contributed by atoms with Crippen molar-refractivity contribution in [2.45, 2.75) is 24.7 Å². The molecule has 0 unspecified atom stereocenters. The number of carbonyl (C=O) groups is 2. The van der Waals surface area contributed by atoms with Gasteiger partial charge in [0, 0.05) is 53.6 Å². The highest BCUT2D eigenvalue weighted by molar-refractivity contribution is 9.10. The van der Waals surface area contributed by atoms with Gasteiger partial charge in [-0.1, -0.05) is 22.9 Å². The van der Waals surface area contributed by atoms with Crippen LogP contribution in [0.15, 0.2) is 33.6 Å². The number of benzene rings is 1. The summed E-state index contributed by atoms with van der Waals surface area (Å²) in [4.78, 5) is 29.6. The fraction of sp³-hybridized carbons (Fsp3) is 0.556. The Labute approximate surface area is 156 Å². The zero-order valence-corrected chi connectivity index (χ0v) is 16.3. The van der Waals surface area contributed by atoms with Crippen LogP contribution in [0.3, 0.4) is 0 Å². The van der Waals surface area contributed by atoms with E-state index in [-0.39, 0.29) is 11.8 Å². The van der Waals surface area contributed by atoms with Crippen LogP contribution in [0, 0.1) is 11.8 Å². The number of rotatable bonds is 5. The molecule has 1 saturated carbocycles. The van der Waals surface area contributed by atoms with Gasteiger partial charge >= 0.3 is 0 Å². The largest absolute Gasteiger partial charge is 0.339 e. The van der Waals surface area contributed by atoms with Crippen molar-refractivity contribution in [3.63, 3.8) is 0 Å². The highest BCUT2D eigenvalue weighted by Gasteiger charge is 2.42. The minimum absolute atomic E-state index is 0.200. The Kier molecular flexibility index (Phi) is 5.87. The first-order chi connectivity index (χ1) is 11.5. The molecule has 0 N–H and O–H groups in total. The number of piperazine rings is 1. The van der Waals surface area contributed by atoms with Crippen LogP contribution in [0.25, 0.3) is 0 Å². The summed E-state index contributed by atoms with van der Waals surface area (Å²) in [6.07, 6.45) is 1.58. The number of hydrogen-bond acceptors (Lipinski definition) is 3. The second-order valence-corrected chi connectivity index (χ2v) is 8.66. The van der Waals surface area contributed by atoms with E-state index in [0.717, 1.165) is 16.6 Å². The van der Waals surface area contributed by atoms with Crippen LogP contribution in [0.1, 0.15) is 19.8 Å². The molecule has 0 radical (unpaired) electrons. The average molecular weight is 411 g/mol. The molecular weight excluding hydrogens is 388 g/mol. The van der Waals surface area contributed by atoms with E-state index in [2.05, 4.69) is 35.0 Å². The van der Waals surface area contributed by atoms with Crippen molar-refractivity contribution >= 4 is 39.5 Å². The second-order valence-electron chi connectivity index (χ2n) is 6.58. The van der Waals surface area contributed by atoms with Crippen molar-refractivity contribution in [3.8, 4) is 0 Å². The fourth-order valence-electron chi connectivity index (χ4n) is 3.02. The molecule has 1 aromatic rings. The molecular formula is C18H23BrN2O2S. The summed E-state index contributed by atoms with van der Waals surface area (Å²) < 4.78 is 1.07. The molecule has 6 heteroatoms. The van der Waals surface area contributed by atoms with Crippen molar-refractivity contribution in [1.82, 2.24) is 9.80 Å². The molecule has 1 saturated heterocycles. The third kappa shape index (κ3) is 4.54. The van der Waals surface area contributed by atoms with Gasteiger partial charge in [-0.3, -0.25) is 9.59 Å². The summed E-state index contributed by atoms with van der Waals surface area (Å²) >= 11 is 5.13. The van der Waals surface area contributed by atoms with Gasteiger partial charge in [-0.15, -0.1) is 11.8 Å². The van der Waals surface area contributed by atoms with Crippen LogP contribution in [0.4, 0.5) is 0 Å². The molecule has 0 aromatic heterocycles. The van der Waals surface area contributed by atoms with Gasteiger partial charge in [-0.05, 0) is 36.6 Å². The second kappa shape index (κ2) is 7.91. The molecule has 2 atom stereocenters. The number of carbonyl (C=O) groups excluding carboxylic acids is 2. The van der Waals surface area contributed by atoms with Gasteiger partial charge < -0.3 is 9.80 Å². The Hall–Kier alpha value is -1.01. The summed E-state index contributed by atoms with van der Waals surface area (Å²) in [6.45, 7) is 4.86. The molecule has 4 nitrogen and oxygen atoms in total. The van der Waals surface area contributed by atoms with Gasteiger partial charge in [0.1, 0.15) is 0 Å². The number of thioether (sulfide) groups is 1. The first kappa shape index (κ1) is 17.8. The van der Waals surface area contributed by atoms with Gasteiger partial charge in [0.2, 0.25) is 11.8 Å². The molecule has 1 aliphatic heterocycles. The average Bonchev–Trinajstić information content (AvgIpc) is 3.33. The lowest BCUT2D eigenvalue weighted by molar-refractivity contribution is -0.140. The Bertz CT molecular complexity index is 600. The van der Waals surface area contributed by atoms with Crippen molar-refractivity contribution in [2.24, 2.45) is 11.8 Å². The molecule has 2 aliphatic rings. The molecule has 2 amide bonds. The van der Waals surface area contributed by atoms with Crippen LogP contribution >= 0.6 is 27.7 Å². The highest BCUT2D eigenvalue weighted by Crippen LogP contribution is 2.39. The van der Waals surface area contributed by atoms with E-state index in [0.29, 0.717) is 44.4 Å². The van der Waals surface area contributed by atoms with E-state index >= 15 is 0 Å². The smallest absolute Gasteiger partial charge is 0.226 e. The molecule has 24 heavy (non-hydrogen) atoms. The lowest BCUT2D eigenvalue weighted by atomic mass is 10.2. The quantitative estimate of drug-likeness (QED) is 0.699. The monoisotopic (exact) mass is 410 g/mol. The topological polar surface area (TPSA) is 40.6 Å². The maximum Gasteiger partial charge on any atom is 0.226 e. The van der Waals surface area contributed by atoms with Gasteiger partial charge in [0.25, 0.3) is 0 Å². The molecule has 3 rings (SSSR count). The molecule has 1 aromatic carbocycles. The van der Waals surface area contributed by atoms with E-state index in [1.807, 2.05) is 21.9 Å². The van der Waals surface area contributed by atoms with Gasteiger partial charge in [0.15, 0.2) is 0 Å². The maximum atomic E-state index is 12.3. The Morgan fingerprint density at radius 3 is 2.29 bits per heavy atom. The minimum Gasteiger partial charge on any atom is -0.339 e. The summed E-state index contributed by atoms with van der Waals surface area (Å²) in [5.41, 5.74) is 0. The van der Waals surface area contributed by atoms with Gasteiger partial charge in [-0.2, -0.15) is 0 Å². The fourth-order valence-corrected chi connectivity index (χ4v) is 4.13. The minimum atomic E-state index is 0.200. The molecule has 0 bridgehead atoms. The van der Waals surface area contributed by atoms with Crippen LogP contribution in [-0.2, 0) is 9.59 Å². The summed E-state index contributed by atoms with van der Waals surface area (Å²) in [7, 11) is 0. The van der Waals surface area contributed by atoms with Crippen molar-refractivity contribution in [1.29, 1.82) is 0 Å². The van der Waals surface area contributed by atoms with Crippen molar-refractivity contribution in [3.05, 3.63) is 28.7 Å². The lowest BCUT2D eigenvalue weighted by Crippen LogP contribution is -2.51. The first-order valence-electron chi connectivity index (χ1n) is 8.49. The van der Waals surface area contributed by atoms with E-state index in [1.54, 1.807) is 11.8 Å². The SMILES string of the molecule is C[C@@H]1C[C@H]1C(=O)N1CCN(C(=O)CCSc2ccc(Br)cc2)CC1. The Morgan fingerprint density at radius 2 is 1.71 bits per heavy atom. The highest BCUT2D eigenvalue weighted by atomic mass is 79.9. The summed E-state index contributed by atoms with van der Waals surface area (Å²) in [6, 6.07) is 8.15. The van der Waals surface area contributed by atoms with E-state index in [9.17, 15) is 9.59 Å². The van der Waals surface area contributed by atoms with Crippen LogP contribution in [0.5, 0.6) is 0 Å². The van der Waals surface area contributed by atoms with Crippen LogP contribution < -0.4 is 0 Å². The third-order valence-corrected chi connectivity index (χ3v) is 6.31. The van der Waals surface area contributed by atoms with Gasteiger partial charge in [-0.25, -0.2) is 0 Å². The predicted molar refractivity (Wildman–Crippen MR) is 99.9 cm³/mol. The first-order valence-corrected chi connectivity index (χ1v) is 10.3. The number of amides is 2. The van der Waals surface area contributed by atoms with Crippen LogP contribution in [0.2, 0.25) is 0 Å². The number of nitrogens with zero attached hydrogens (tertiary/aromatic N) is 2. The van der Waals surface area contributed by atoms with E-state index < -0.39 is 0 Å². The molecule has 1 aliphatic carbocycles. The van der Waals surface area contributed by atoms with Crippen molar-refractivity contribution in [2.75, 3.05) is 31.9 Å². The predicted octanol–water partition coefficient (Wildman–Crippen LogP) is 3.26. The third-order valence-electron chi connectivity index (χ3n) is 4.77. The van der Waals surface area contributed by atoms with Crippen molar-refractivity contribution < 1.29 is 9.59 Å². The van der Waals surface area contributed by atoms with E-state index in [4.69, 9.17) is 0 Å². The molecule has 0 spiro atoms. The Morgan fingerprint density at radius 1 is 1.12 bits per heavy atom. The molecule has 1 heterocycles. The number of halogens is 1. The zero-order chi connectivity index (χ0) is 17.1. The zero-order valence-electron chi connectivity index (χ0n) is 13.9. The van der Waals surface area contributed by atoms with Crippen LogP contribution in [-0.4, -0.2) is 53.5 Å². The van der Waals surface area contributed by atoms with E-state index in [1.165, 1.54) is 4.90 Å². The summed E-state index contributed by atoms with van der Waals surface area (Å²) in [5.74, 6) is 2.08.